The van der Waals surface area contributed by atoms with Crippen molar-refractivity contribution in [1.82, 2.24) is 15.5 Å². The smallest absolute Gasteiger partial charge is 0.102 e. The number of hydrogen-bond donors (Lipinski definition) is 2. The molecule has 0 spiro atoms. The standard InChI is InChI=1S/C10H12ClN3S/c1-12-5-4-7-6-8(14-13-7)9-2-3-10(11)15-9/h2-3,6,12H,4-5H2,1H3,(H,13,14). The molecule has 2 rings (SSSR count). The average molecular weight is 242 g/mol. The Morgan fingerprint density at radius 1 is 1.53 bits per heavy atom. The van der Waals surface area contributed by atoms with E-state index in [4.69, 9.17) is 11.6 Å². The number of hydrogen-bond acceptors (Lipinski definition) is 3. The van der Waals surface area contributed by atoms with E-state index in [0.717, 1.165) is 33.6 Å². The number of H-pyrrole nitrogens is 1. The van der Waals surface area contributed by atoms with Crippen LogP contribution in [-0.2, 0) is 6.42 Å². The van der Waals surface area contributed by atoms with Gasteiger partial charge in [-0.15, -0.1) is 11.3 Å². The minimum Gasteiger partial charge on any atom is -0.319 e. The van der Waals surface area contributed by atoms with Crippen LogP contribution in [0.3, 0.4) is 0 Å². The number of aromatic nitrogens is 2. The highest BCUT2D eigenvalue weighted by Gasteiger charge is 2.05. The minimum atomic E-state index is 0.796. The van der Waals surface area contributed by atoms with Gasteiger partial charge in [-0.3, -0.25) is 5.10 Å². The Kier molecular flexibility index (Phi) is 3.41. The van der Waals surface area contributed by atoms with Gasteiger partial charge in [0.25, 0.3) is 0 Å². The summed E-state index contributed by atoms with van der Waals surface area (Å²) in [5.74, 6) is 0. The Morgan fingerprint density at radius 2 is 2.40 bits per heavy atom. The monoisotopic (exact) mass is 241 g/mol. The Hall–Kier alpha value is -0.840. The lowest BCUT2D eigenvalue weighted by atomic mass is 10.2. The largest absolute Gasteiger partial charge is 0.319 e. The van der Waals surface area contributed by atoms with Gasteiger partial charge in [0.2, 0.25) is 0 Å². The highest BCUT2D eigenvalue weighted by molar-refractivity contribution is 7.19. The van der Waals surface area contributed by atoms with Crippen molar-refractivity contribution < 1.29 is 0 Å². The van der Waals surface area contributed by atoms with Gasteiger partial charge < -0.3 is 5.32 Å². The molecule has 0 bridgehead atoms. The third-order valence-electron chi connectivity index (χ3n) is 2.10. The van der Waals surface area contributed by atoms with Crippen LogP contribution in [0.5, 0.6) is 0 Å². The molecule has 0 saturated heterocycles. The molecule has 0 aliphatic carbocycles. The lowest BCUT2D eigenvalue weighted by Gasteiger charge is -1.93. The van der Waals surface area contributed by atoms with E-state index in [2.05, 4.69) is 21.6 Å². The summed E-state index contributed by atoms with van der Waals surface area (Å²) in [6.45, 7) is 0.951. The number of nitrogens with zero attached hydrogens (tertiary/aromatic N) is 1. The fraction of sp³-hybridized carbons (Fsp3) is 0.300. The molecule has 2 aromatic rings. The molecule has 0 radical (unpaired) electrons. The highest BCUT2D eigenvalue weighted by atomic mass is 35.5. The van der Waals surface area contributed by atoms with E-state index in [0.29, 0.717) is 0 Å². The summed E-state index contributed by atoms with van der Waals surface area (Å²) >= 11 is 7.42. The molecule has 0 fully saturated rings. The molecule has 0 aliphatic heterocycles. The van der Waals surface area contributed by atoms with Gasteiger partial charge in [0, 0.05) is 18.7 Å². The maximum atomic E-state index is 5.87. The number of thiophene rings is 1. The van der Waals surface area contributed by atoms with Gasteiger partial charge in [-0.25, -0.2) is 0 Å². The van der Waals surface area contributed by atoms with Crippen LogP contribution in [0.25, 0.3) is 10.6 Å². The molecule has 2 aromatic heterocycles. The molecule has 80 valence electrons. The number of halogens is 1. The average Bonchev–Trinajstić information content (AvgIpc) is 2.83. The maximum absolute atomic E-state index is 5.87. The van der Waals surface area contributed by atoms with E-state index in [9.17, 15) is 0 Å². The second-order valence-electron chi connectivity index (χ2n) is 3.24. The van der Waals surface area contributed by atoms with Crippen LogP contribution in [0.1, 0.15) is 5.69 Å². The van der Waals surface area contributed by atoms with E-state index in [1.54, 1.807) is 11.3 Å². The topological polar surface area (TPSA) is 40.7 Å². The first kappa shape index (κ1) is 10.7. The van der Waals surface area contributed by atoms with Gasteiger partial charge in [-0.1, -0.05) is 11.6 Å². The summed E-state index contributed by atoms with van der Waals surface area (Å²) in [6, 6.07) is 5.95. The number of likely N-dealkylation sites (N-methyl/N-ethyl adjacent to an activating group) is 1. The Morgan fingerprint density at radius 3 is 3.07 bits per heavy atom. The van der Waals surface area contributed by atoms with Crippen LogP contribution in [-0.4, -0.2) is 23.8 Å². The quantitative estimate of drug-likeness (QED) is 0.864. The molecule has 0 aliphatic rings. The second kappa shape index (κ2) is 4.79. The molecule has 0 atom stereocenters. The minimum absolute atomic E-state index is 0.796. The molecule has 0 aromatic carbocycles. The van der Waals surface area contributed by atoms with Crippen LogP contribution < -0.4 is 5.32 Å². The maximum Gasteiger partial charge on any atom is 0.102 e. The number of nitrogens with one attached hydrogen (secondary N) is 2. The van der Waals surface area contributed by atoms with E-state index in [1.165, 1.54) is 0 Å². The summed E-state index contributed by atoms with van der Waals surface area (Å²) in [6.07, 6.45) is 0.961. The molecular formula is C10H12ClN3S. The fourth-order valence-electron chi connectivity index (χ4n) is 1.33. The van der Waals surface area contributed by atoms with Gasteiger partial charge in [0.1, 0.15) is 5.69 Å². The van der Waals surface area contributed by atoms with Crippen molar-refractivity contribution in [1.29, 1.82) is 0 Å². The predicted molar refractivity (Wildman–Crippen MR) is 64.5 cm³/mol. The summed E-state index contributed by atoms with van der Waals surface area (Å²) in [5.41, 5.74) is 2.11. The summed E-state index contributed by atoms with van der Waals surface area (Å²) < 4.78 is 0.796. The van der Waals surface area contributed by atoms with Crippen molar-refractivity contribution >= 4 is 22.9 Å². The van der Waals surface area contributed by atoms with Gasteiger partial charge in [0.15, 0.2) is 0 Å². The summed E-state index contributed by atoms with van der Waals surface area (Å²) in [5, 5.41) is 10.4. The second-order valence-corrected chi connectivity index (χ2v) is 4.95. The molecule has 15 heavy (non-hydrogen) atoms. The molecule has 2 N–H and O–H groups in total. The van der Waals surface area contributed by atoms with Crippen molar-refractivity contribution in [3.05, 3.63) is 28.2 Å². The van der Waals surface area contributed by atoms with Crippen LogP contribution in [0.4, 0.5) is 0 Å². The van der Waals surface area contributed by atoms with Crippen LogP contribution >= 0.6 is 22.9 Å². The summed E-state index contributed by atoms with van der Waals surface area (Å²) in [7, 11) is 1.94. The third-order valence-corrected chi connectivity index (χ3v) is 3.35. The highest BCUT2D eigenvalue weighted by Crippen LogP contribution is 2.29. The Bertz CT molecular complexity index is 435. The third kappa shape index (κ3) is 2.59. The SMILES string of the molecule is CNCCc1cc(-c2ccc(Cl)s2)n[nH]1. The van der Waals surface area contributed by atoms with Gasteiger partial charge in [-0.2, -0.15) is 5.10 Å². The first-order valence-corrected chi connectivity index (χ1v) is 5.93. The molecule has 0 saturated carbocycles. The fourth-order valence-corrected chi connectivity index (χ4v) is 2.33. The Balaban J connectivity index is 2.13. The number of aromatic amines is 1. The molecule has 2 heterocycles. The normalized spacial score (nSPS) is 10.8. The zero-order chi connectivity index (χ0) is 10.7. The first-order chi connectivity index (χ1) is 7.29. The van der Waals surface area contributed by atoms with Crippen molar-refractivity contribution in [3.63, 3.8) is 0 Å². The van der Waals surface area contributed by atoms with E-state index < -0.39 is 0 Å². The van der Waals surface area contributed by atoms with Crippen molar-refractivity contribution in [2.45, 2.75) is 6.42 Å². The molecule has 0 unspecified atom stereocenters. The summed E-state index contributed by atoms with van der Waals surface area (Å²) in [4.78, 5) is 1.10. The predicted octanol–water partition coefficient (Wildman–Crippen LogP) is 2.55. The first-order valence-electron chi connectivity index (χ1n) is 4.74. The zero-order valence-corrected chi connectivity index (χ0v) is 9.95. The zero-order valence-electron chi connectivity index (χ0n) is 8.38. The van der Waals surface area contributed by atoms with Crippen molar-refractivity contribution in [3.8, 4) is 10.6 Å². The Labute approximate surface area is 97.5 Å². The van der Waals surface area contributed by atoms with E-state index in [-0.39, 0.29) is 0 Å². The molecule has 5 heteroatoms. The van der Waals surface area contributed by atoms with Gasteiger partial charge >= 0.3 is 0 Å². The lowest BCUT2D eigenvalue weighted by Crippen LogP contribution is -2.10. The van der Waals surface area contributed by atoms with E-state index >= 15 is 0 Å². The van der Waals surface area contributed by atoms with Crippen LogP contribution in [0.15, 0.2) is 18.2 Å². The van der Waals surface area contributed by atoms with Crippen molar-refractivity contribution in [2.75, 3.05) is 13.6 Å². The van der Waals surface area contributed by atoms with Crippen molar-refractivity contribution in [2.24, 2.45) is 0 Å². The molecular weight excluding hydrogens is 230 g/mol. The lowest BCUT2D eigenvalue weighted by molar-refractivity contribution is 0.772. The molecule has 3 nitrogen and oxygen atoms in total. The molecule has 0 amide bonds. The number of rotatable bonds is 4. The van der Waals surface area contributed by atoms with Crippen LogP contribution in [0, 0.1) is 0 Å². The van der Waals surface area contributed by atoms with Gasteiger partial charge in [0.05, 0.1) is 9.21 Å². The van der Waals surface area contributed by atoms with E-state index in [1.807, 2.05) is 19.2 Å². The van der Waals surface area contributed by atoms with Crippen LogP contribution in [0.2, 0.25) is 4.34 Å². The van der Waals surface area contributed by atoms with Gasteiger partial charge in [-0.05, 0) is 25.2 Å².